The summed E-state index contributed by atoms with van der Waals surface area (Å²) < 4.78 is 11.3. The molecule has 0 radical (unpaired) electrons. The van der Waals surface area contributed by atoms with Crippen molar-refractivity contribution >= 4 is 17.8 Å². The molecule has 0 amide bonds. The number of ether oxygens (including phenoxy) is 2. The first-order valence-electron chi connectivity index (χ1n) is 14.8. The monoisotopic (exact) mass is 560 g/mol. The van der Waals surface area contributed by atoms with Crippen LogP contribution in [0.4, 0.5) is 5.82 Å². The maximum absolute atomic E-state index is 13.5. The Morgan fingerprint density at radius 3 is 2.07 bits per heavy atom. The van der Waals surface area contributed by atoms with Gasteiger partial charge in [0.15, 0.2) is 5.69 Å². The molecule has 0 aliphatic carbocycles. The summed E-state index contributed by atoms with van der Waals surface area (Å²) >= 11 is 0. The lowest BCUT2D eigenvalue weighted by Crippen LogP contribution is -2.32. The molecular weight excluding hydrogens is 512 g/mol. The summed E-state index contributed by atoms with van der Waals surface area (Å²) in [7, 11) is 0. The zero-order valence-corrected chi connectivity index (χ0v) is 26.1. The summed E-state index contributed by atoms with van der Waals surface area (Å²) in [6, 6.07) is 23.9. The molecule has 222 valence electrons. The second kappa shape index (κ2) is 16.6. The minimum absolute atomic E-state index is 0.0788. The Bertz CT molecular complexity index is 1200. The second-order valence-corrected chi connectivity index (χ2v) is 11.1. The molecule has 1 aromatic heterocycles. The molecule has 6 heteroatoms. The zero-order valence-electron chi connectivity index (χ0n) is 26.1. The maximum Gasteiger partial charge on any atom is 0.357 e. The predicted molar refractivity (Wildman–Crippen MR) is 167 cm³/mol. The van der Waals surface area contributed by atoms with Crippen molar-refractivity contribution in [3.05, 3.63) is 95.2 Å². The largest absolute Gasteiger partial charge is 0.461 e. The number of benzene rings is 2. The van der Waals surface area contributed by atoms with Crippen molar-refractivity contribution in [1.82, 2.24) is 4.98 Å². The smallest absolute Gasteiger partial charge is 0.357 e. The summed E-state index contributed by atoms with van der Waals surface area (Å²) in [6.45, 7) is 16.8. The third-order valence-corrected chi connectivity index (χ3v) is 6.32. The highest BCUT2D eigenvalue weighted by Crippen LogP contribution is 2.33. The number of pyridine rings is 1. The van der Waals surface area contributed by atoms with Crippen molar-refractivity contribution in [2.75, 3.05) is 11.5 Å². The highest BCUT2D eigenvalue weighted by molar-refractivity contribution is 5.90. The Hall–Kier alpha value is -3.67. The van der Waals surface area contributed by atoms with Gasteiger partial charge in [-0.3, -0.25) is 4.79 Å². The van der Waals surface area contributed by atoms with E-state index in [1.165, 1.54) is 0 Å². The normalized spacial score (nSPS) is 11.7. The fourth-order valence-electron chi connectivity index (χ4n) is 4.39. The number of nitrogens with zero attached hydrogens (tertiary/aromatic N) is 2. The molecule has 0 fully saturated rings. The molecule has 1 atom stereocenters. The quantitative estimate of drug-likeness (QED) is 0.164. The maximum atomic E-state index is 13.5. The van der Waals surface area contributed by atoms with Crippen molar-refractivity contribution in [3.8, 4) is 0 Å². The molecule has 0 saturated heterocycles. The molecular formula is C35H48N2O4. The first-order valence-corrected chi connectivity index (χ1v) is 14.8. The van der Waals surface area contributed by atoms with Crippen LogP contribution in [0.2, 0.25) is 0 Å². The van der Waals surface area contributed by atoms with Gasteiger partial charge in [-0.2, -0.15) is 0 Å². The Morgan fingerprint density at radius 2 is 1.51 bits per heavy atom. The highest BCUT2D eigenvalue weighted by atomic mass is 16.6. The summed E-state index contributed by atoms with van der Waals surface area (Å²) in [4.78, 5) is 33.5. The minimum atomic E-state index is -0.614. The van der Waals surface area contributed by atoms with Crippen LogP contribution in [-0.4, -0.2) is 35.2 Å². The lowest BCUT2D eigenvalue weighted by Gasteiger charge is -2.29. The molecule has 3 aromatic rings. The van der Waals surface area contributed by atoms with Crippen molar-refractivity contribution in [1.29, 1.82) is 0 Å². The molecule has 0 aliphatic rings. The standard InChI is InChI=1S/C33H42N2O4.C2H6/c1-7-8-21-38-32(37)31-27(28(26-17-13-10-14-18-26)22-30(36)39-33(4,5)6)19-20-29(34-31)35(24(2)3)23-25-15-11-9-12-16-25;1-2/h9-20,24,28H,7-8,21-23H2,1-6H3;1-2H3/t28-;/m0./s1. The van der Waals surface area contributed by atoms with E-state index in [9.17, 15) is 9.59 Å². The fourth-order valence-corrected chi connectivity index (χ4v) is 4.39. The van der Waals surface area contributed by atoms with Gasteiger partial charge in [0.2, 0.25) is 0 Å². The Kier molecular flexibility index (Phi) is 13.5. The van der Waals surface area contributed by atoms with Crippen LogP contribution in [0.1, 0.15) is 108 Å². The first kappa shape index (κ1) is 33.5. The van der Waals surface area contributed by atoms with Crippen LogP contribution >= 0.6 is 0 Å². The molecule has 2 aromatic carbocycles. The number of carbonyl (C=O) groups is 2. The number of rotatable bonds is 12. The SMILES string of the molecule is CC.CCCCOC(=O)c1nc(N(Cc2ccccc2)C(C)C)ccc1[C@@H](CC(=O)OC(C)(C)C)c1ccccc1. The van der Waals surface area contributed by atoms with E-state index in [1.54, 1.807) is 0 Å². The van der Waals surface area contributed by atoms with Gasteiger partial charge in [0.25, 0.3) is 0 Å². The molecule has 0 aliphatic heterocycles. The van der Waals surface area contributed by atoms with E-state index in [4.69, 9.17) is 14.5 Å². The van der Waals surface area contributed by atoms with Crippen LogP contribution in [-0.2, 0) is 20.8 Å². The Labute approximate surface area is 247 Å². The number of carbonyl (C=O) groups excluding carboxylic acids is 2. The van der Waals surface area contributed by atoms with Crippen LogP contribution < -0.4 is 4.90 Å². The summed E-state index contributed by atoms with van der Waals surface area (Å²) in [5.74, 6) is -0.547. The molecule has 0 N–H and O–H groups in total. The van der Waals surface area contributed by atoms with Gasteiger partial charge in [-0.15, -0.1) is 0 Å². The zero-order chi connectivity index (χ0) is 30.4. The van der Waals surface area contributed by atoms with Crippen molar-refractivity contribution in [2.24, 2.45) is 0 Å². The van der Waals surface area contributed by atoms with Crippen LogP contribution in [0.25, 0.3) is 0 Å². The van der Waals surface area contributed by atoms with Crippen molar-refractivity contribution < 1.29 is 19.1 Å². The molecule has 3 rings (SSSR count). The topological polar surface area (TPSA) is 68.7 Å². The summed E-state index contributed by atoms with van der Waals surface area (Å²) in [5.41, 5.74) is 2.33. The Morgan fingerprint density at radius 1 is 0.902 bits per heavy atom. The van der Waals surface area contributed by atoms with E-state index >= 15 is 0 Å². The fraction of sp³-hybridized carbons (Fsp3) is 0.457. The van der Waals surface area contributed by atoms with Gasteiger partial charge >= 0.3 is 11.9 Å². The number of hydrogen-bond acceptors (Lipinski definition) is 6. The van der Waals surface area contributed by atoms with E-state index in [-0.39, 0.29) is 24.1 Å². The highest BCUT2D eigenvalue weighted by Gasteiger charge is 2.29. The molecule has 0 unspecified atom stereocenters. The first-order chi connectivity index (χ1) is 19.6. The molecule has 0 spiro atoms. The number of esters is 2. The predicted octanol–water partition coefficient (Wildman–Crippen LogP) is 8.34. The third kappa shape index (κ3) is 10.7. The van der Waals surface area contributed by atoms with E-state index in [1.807, 2.05) is 95.3 Å². The van der Waals surface area contributed by atoms with E-state index < -0.39 is 17.5 Å². The van der Waals surface area contributed by atoms with Gasteiger partial charge in [-0.1, -0.05) is 93.9 Å². The molecule has 0 saturated carbocycles. The molecule has 0 bridgehead atoms. The molecule has 6 nitrogen and oxygen atoms in total. The number of aromatic nitrogens is 1. The molecule has 1 heterocycles. The van der Waals surface area contributed by atoms with E-state index in [2.05, 4.69) is 37.8 Å². The van der Waals surface area contributed by atoms with Crippen LogP contribution in [0, 0.1) is 0 Å². The summed E-state index contributed by atoms with van der Waals surface area (Å²) in [6.07, 6.45) is 1.76. The number of hydrogen-bond donors (Lipinski definition) is 0. The van der Waals surface area contributed by atoms with Gasteiger partial charge in [0.1, 0.15) is 11.4 Å². The molecule has 41 heavy (non-hydrogen) atoms. The average molecular weight is 561 g/mol. The Balaban J connectivity index is 0.00000287. The van der Waals surface area contributed by atoms with E-state index in [0.29, 0.717) is 24.5 Å². The lowest BCUT2D eigenvalue weighted by molar-refractivity contribution is -0.155. The van der Waals surface area contributed by atoms with Crippen molar-refractivity contribution in [3.63, 3.8) is 0 Å². The van der Waals surface area contributed by atoms with Crippen LogP contribution in [0.15, 0.2) is 72.8 Å². The van der Waals surface area contributed by atoms with Gasteiger partial charge < -0.3 is 14.4 Å². The third-order valence-electron chi connectivity index (χ3n) is 6.32. The van der Waals surface area contributed by atoms with Gasteiger partial charge in [0.05, 0.1) is 13.0 Å². The van der Waals surface area contributed by atoms with Crippen LogP contribution in [0.5, 0.6) is 0 Å². The minimum Gasteiger partial charge on any atom is -0.461 e. The second-order valence-electron chi connectivity index (χ2n) is 11.1. The van der Waals surface area contributed by atoms with Gasteiger partial charge in [-0.25, -0.2) is 9.78 Å². The lowest BCUT2D eigenvalue weighted by atomic mass is 9.87. The van der Waals surface area contributed by atoms with Gasteiger partial charge in [-0.05, 0) is 63.8 Å². The van der Waals surface area contributed by atoms with Crippen molar-refractivity contribution in [2.45, 2.75) is 98.8 Å². The van der Waals surface area contributed by atoms with Crippen LogP contribution in [0.3, 0.4) is 0 Å². The van der Waals surface area contributed by atoms with Gasteiger partial charge in [0, 0.05) is 18.5 Å². The number of anilines is 1. The number of unbranched alkanes of at least 4 members (excludes halogenated alkanes) is 1. The average Bonchev–Trinajstić information content (AvgIpc) is 2.95. The van der Waals surface area contributed by atoms with E-state index in [0.717, 1.165) is 24.0 Å². The summed E-state index contributed by atoms with van der Waals surface area (Å²) in [5, 5.41) is 0.